The second-order valence-corrected chi connectivity index (χ2v) is 11.6. The molecule has 0 saturated heterocycles. The summed E-state index contributed by atoms with van der Waals surface area (Å²) < 4.78 is 44.9. The summed E-state index contributed by atoms with van der Waals surface area (Å²) in [5.41, 5.74) is 4.29. The molecule has 0 unspecified atom stereocenters. The van der Waals surface area contributed by atoms with Crippen LogP contribution in [0.25, 0.3) is 0 Å². The number of benzene rings is 3. The van der Waals surface area contributed by atoms with Gasteiger partial charge in [0.1, 0.15) is 12.3 Å². The van der Waals surface area contributed by atoms with Crippen molar-refractivity contribution in [2.75, 3.05) is 32.2 Å². The van der Waals surface area contributed by atoms with Gasteiger partial charge in [-0.25, -0.2) is 8.42 Å². The topological polar surface area (TPSA) is 94.2 Å². The Morgan fingerprint density at radius 1 is 0.821 bits per heavy atom. The summed E-state index contributed by atoms with van der Waals surface area (Å²) in [7, 11) is 0.422. The van der Waals surface area contributed by atoms with E-state index < -0.39 is 22.5 Å². The first kappa shape index (κ1) is 29.8. The highest BCUT2D eigenvalue weighted by atomic mass is 32.2. The van der Waals surface area contributed by atoms with Crippen molar-refractivity contribution in [3.8, 4) is 17.2 Å². The molecule has 0 heterocycles. The number of methoxy groups -OCH3 is 3. The molecule has 0 aromatic heterocycles. The highest BCUT2D eigenvalue weighted by Gasteiger charge is 2.29. The van der Waals surface area contributed by atoms with Gasteiger partial charge in [0, 0.05) is 6.07 Å². The Labute approximate surface area is 231 Å². The van der Waals surface area contributed by atoms with Crippen LogP contribution in [0.1, 0.15) is 55.0 Å². The SMILES string of the molecule is COc1ccc(S(=O)(=O)N(CC(=O)N[C@H](C)c2cc(C(C)C)c(OC)cc2C)c2ccc(C)cc2)cc1OC. The van der Waals surface area contributed by atoms with Gasteiger partial charge in [0.2, 0.25) is 5.91 Å². The Morgan fingerprint density at radius 3 is 2.00 bits per heavy atom. The van der Waals surface area contributed by atoms with Crippen LogP contribution in [0.2, 0.25) is 0 Å². The van der Waals surface area contributed by atoms with Crippen molar-refractivity contribution in [1.82, 2.24) is 5.32 Å². The molecule has 0 fully saturated rings. The number of hydrogen-bond acceptors (Lipinski definition) is 6. The fourth-order valence-electron chi connectivity index (χ4n) is 4.44. The van der Waals surface area contributed by atoms with Crippen LogP contribution < -0.4 is 23.8 Å². The quantitative estimate of drug-likeness (QED) is 0.335. The molecule has 3 rings (SSSR count). The molecule has 0 aliphatic rings. The van der Waals surface area contributed by atoms with Crippen molar-refractivity contribution in [3.63, 3.8) is 0 Å². The van der Waals surface area contributed by atoms with Crippen molar-refractivity contribution in [2.45, 2.75) is 51.5 Å². The van der Waals surface area contributed by atoms with Gasteiger partial charge < -0.3 is 19.5 Å². The lowest BCUT2D eigenvalue weighted by Gasteiger charge is -2.26. The Hall–Kier alpha value is -3.72. The van der Waals surface area contributed by atoms with E-state index in [1.807, 2.05) is 32.9 Å². The molecule has 0 radical (unpaired) electrons. The third-order valence-corrected chi connectivity index (χ3v) is 8.41. The monoisotopic (exact) mass is 554 g/mol. The van der Waals surface area contributed by atoms with E-state index in [-0.39, 0.29) is 22.6 Å². The van der Waals surface area contributed by atoms with E-state index in [0.29, 0.717) is 11.4 Å². The van der Waals surface area contributed by atoms with E-state index in [2.05, 4.69) is 19.2 Å². The molecule has 3 aromatic carbocycles. The first-order chi connectivity index (χ1) is 18.4. The average Bonchev–Trinajstić information content (AvgIpc) is 2.91. The molecule has 8 nitrogen and oxygen atoms in total. The maximum absolute atomic E-state index is 13.9. The number of ether oxygens (including phenoxy) is 3. The summed E-state index contributed by atoms with van der Waals surface area (Å²) in [6.07, 6.45) is 0. The number of hydrogen-bond donors (Lipinski definition) is 1. The lowest BCUT2D eigenvalue weighted by molar-refractivity contribution is -0.120. The number of nitrogens with one attached hydrogen (secondary N) is 1. The second kappa shape index (κ2) is 12.4. The van der Waals surface area contributed by atoms with Gasteiger partial charge in [-0.05, 0) is 79.8 Å². The van der Waals surface area contributed by atoms with E-state index in [9.17, 15) is 13.2 Å². The van der Waals surface area contributed by atoms with Crippen LogP contribution in [-0.2, 0) is 14.8 Å². The number of carbonyl (C=O) groups is 1. The van der Waals surface area contributed by atoms with E-state index in [0.717, 1.165) is 32.3 Å². The second-order valence-electron chi connectivity index (χ2n) is 9.76. The minimum absolute atomic E-state index is 0.0193. The summed E-state index contributed by atoms with van der Waals surface area (Å²) in [5, 5.41) is 2.99. The number of amides is 1. The average molecular weight is 555 g/mol. The highest BCUT2D eigenvalue weighted by Crippen LogP contribution is 2.34. The minimum Gasteiger partial charge on any atom is -0.496 e. The molecule has 0 bridgehead atoms. The Morgan fingerprint density at radius 2 is 1.44 bits per heavy atom. The molecule has 1 amide bonds. The van der Waals surface area contributed by atoms with E-state index in [1.54, 1.807) is 31.4 Å². The Bertz CT molecular complexity index is 1420. The zero-order valence-electron chi connectivity index (χ0n) is 23.9. The van der Waals surface area contributed by atoms with Gasteiger partial charge in [-0.2, -0.15) is 0 Å². The summed E-state index contributed by atoms with van der Waals surface area (Å²) in [5.74, 6) is 1.27. The van der Waals surface area contributed by atoms with Gasteiger partial charge >= 0.3 is 0 Å². The standard InChI is InChI=1S/C30H38N2O6S/c1-19(2)25-17-26(21(4)15-28(25)37-7)22(5)31-30(33)18-32(23-11-9-20(3)10-12-23)39(34,35)24-13-14-27(36-6)29(16-24)38-8/h9-17,19,22H,18H2,1-8H3,(H,31,33)/t22-/m1/s1. The molecule has 9 heteroatoms. The van der Waals surface area contributed by atoms with E-state index in [1.165, 1.54) is 32.4 Å². The fraction of sp³-hybridized carbons (Fsp3) is 0.367. The van der Waals surface area contributed by atoms with Gasteiger partial charge in [-0.1, -0.05) is 31.5 Å². The molecule has 39 heavy (non-hydrogen) atoms. The zero-order valence-corrected chi connectivity index (χ0v) is 24.7. The van der Waals surface area contributed by atoms with Crippen LogP contribution in [0.5, 0.6) is 17.2 Å². The normalized spacial score (nSPS) is 12.1. The Kier molecular flexibility index (Phi) is 9.50. The third kappa shape index (κ3) is 6.65. The van der Waals surface area contributed by atoms with Gasteiger partial charge in [0.05, 0.1) is 38.0 Å². The molecule has 0 aliphatic carbocycles. The van der Waals surface area contributed by atoms with Crippen LogP contribution in [0.4, 0.5) is 5.69 Å². The lowest BCUT2D eigenvalue weighted by atomic mass is 9.93. The maximum Gasteiger partial charge on any atom is 0.264 e. The fourth-order valence-corrected chi connectivity index (χ4v) is 5.87. The first-order valence-corrected chi connectivity index (χ1v) is 14.2. The van der Waals surface area contributed by atoms with Crippen molar-refractivity contribution in [2.24, 2.45) is 0 Å². The van der Waals surface area contributed by atoms with Gasteiger partial charge in [-0.3, -0.25) is 9.10 Å². The predicted molar refractivity (Wildman–Crippen MR) is 154 cm³/mol. The van der Waals surface area contributed by atoms with Crippen molar-refractivity contribution >= 4 is 21.6 Å². The molecule has 3 aromatic rings. The number of nitrogens with zero attached hydrogens (tertiary/aromatic N) is 1. The first-order valence-electron chi connectivity index (χ1n) is 12.7. The molecule has 0 spiro atoms. The van der Waals surface area contributed by atoms with Crippen molar-refractivity contribution < 1.29 is 27.4 Å². The summed E-state index contributed by atoms with van der Waals surface area (Å²) in [6, 6.07) is 15.0. The minimum atomic E-state index is -4.13. The van der Waals surface area contributed by atoms with Gasteiger partial charge in [-0.15, -0.1) is 0 Å². The van der Waals surface area contributed by atoms with E-state index in [4.69, 9.17) is 14.2 Å². The van der Waals surface area contributed by atoms with Gasteiger partial charge in [0.15, 0.2) is 11.5 Å². The van der Waals surface area contributed by atoms with Crippen molar-refractivity contribution in [3.05, 3.63) is 76.9 Å². The molecule has 0 aliphatic heterocycles. The van der Waals surface area contributed by atoms with E-state index >= 15 is 0 Å². The number of sulfonamides is 1. The predicted octanol–water partition coefficient (Wildman–Crippen LogP) is 5.53. The number of carbonyl (C=O) groups excluding carboxylic acids is 1. The number of aryl methyl sites for hydroxylation is 2. The third-order valence-electron chi connectivity index (χ3n) is 6.64. The smallest absolute Gasteiger partial charge is 0.264 e. The lowest BCUT2D eigenvalue weighted by Crippen LogP contribution is -2.41. The van der Waals surface area contributed by atoms with Crippen LogP contribution in [0, 0.1) is 13.8 Å². The van der Waals surface area contributed by atoms with Crippen LogP contribution in [0.3, 0.4) is 0 Å². The Balaban J connectivity index is 1.95. The molecular formula is C30H38N2O6S. The molecule has 210 valence electrons. The van der Waals surface area contributed by atoms with Gasteiger partial charge in [0.25, 0.3) is 10.0 Å². The highest BCUT2D eigenvalue weighted by molar-refractivity contribution is 7.92. The van der Waals surface area contributed by atoms with Crippen LogP contribution in [0.15, 0.2) is 59.5 Å². The van der Waals surface area contributed by atoms with Crippen molar-refractivity contribution in [1.29, 1.82) is 0 Å². The summed E-state index contributed by atoms with van der Waals surface area (Å²) in [6.45, 7) is 9.52. The molecular weight excluding hydrogens is 516 g/mol. The molecule has 1 N–H and O–H groups in total. The largest absolute Gasteiger partial charge is 0.496 e. The molecule has 1 atom stereocenters. The summed E-state index contributed by atoms with van der Waals surface area (Å²) >= 11 is 0. The van der Waals surface area contributed by atoms with Crippen LogP contribution in [-0.4, -0.2) is 42.2 Å². The maximum atomic E-state index is 13.9. The number of rotatable bonds is 11. The van der Waals surface area contributed by atoms with Crippen LogP contribution >= 0.6 is 0 Å². The molecule has 0 saturated carbocycles. The summed E-state index contributed by atoms with van der Waals surface area (Å²) in [4.78, 5) is 13.3. The zero-order chi connectivity index (χ0) is 28.9. The number of anilines is 1.